The molecule has 1 aromatic heterocycles. The zero-order chi connectivity index (χ0) is 31.2. The first kappa shape index (κ1) is 35.1. The van der Waals surface area contributed by atoms with Crippen LogP contribution in [0.2, 0.25) is 5.02 Å². The number of unbranched alkanes of at least 4 members (excludes halogenated alkanes) is 4. The van der Waals surface area contributed by atoms with Crippen LogP contribution in [0.15, 0.2) is 54.9 Å². The molecule has 0 amide bonds. The maximum Gasteiger partial charge on any atom is 0.455 e. The molecule has 3 rings (SSSR count). The molecule has 0 bridgehead atoms. The molecule has 13 heteroatoms. The second-order valence-electron chi connectivity index (χ2n) is 9.65. The number of carboxylic acids is 1. The third-order valence-electron chi connectivity index (χ3n) is 6.33. The van der Waals surface area contributed by atoms with E-state index in [1.165, 1.54) is 42.4 Å². The molecule has 1 heterocycles. The van der Waals surface area contributed by atoms with E-state index in [4.69, 9.17) is 22.4 Å². The zero-order valence-corrected chi connectivity index (χ0v) is 24.1. The average Bonchev–Trinajstić information content (AvgIpc) is 3.43. The Labute approximate surface area is 246 Å². The van der Waals surface area contributed by atoms with Crippen LogP contribution < -0.4 is 5.73 Å². The van der Waals surface area contributed by atoms with Crippen LogP contribution in [0.4, 0.5) is 22.0 Å². The molecule has 7 nitrogen and oxygen atoms in total. The molecule has 0 aliphatic carbocycles. The zero-order valence-electron chi connectivity index (χ0n) is 23.3. The lowest BCUT2D eigenvalue weighted by molar-refractivity contribution is -0.297. The number of benzene rings is 2. The molecule has 0 saturated carbocycles. The molecule has 1 unspecified atom stereocenters. The molecule has 0 saturated heterocycles. The van der Waals surface area contributed by atoms with Gasteiger partial charge >= 0.3 is 18.1 Å². The van der Waals surface area contributed by atoms with Crippen molar-refractivity contribution in [1.82, 2.24) is 14.8 Å². The Bertz CT molecular complexity index is 1230. The lowest BCUT2D eigenvalue weighted by Crippen LogP contribution is -2.40. The summed E-state index contributed by atoms with van der Waals surface area (Å²) in [7, 11) is 0. The highest BCUT2D eigenvalue weighted by Crippen LogP contribution is 2.36. The number of ether oxygens (including phenoxy) is 1. The molecule has 0 radical (unpaired) electrons. The van der Waals surface area contributed by atoms with E-state index in [-0.39, 0.29) is 16.5 Å². The predicted octanol–water partition coefficient (Wildman–Crippen LogP) is 7.70. The first-order valence-electron chi connectivity index (χ1n) is 13.6. The molecule has 3 aromatic rings. The summed E-state index contributed by atoms with van der Waals surface area (Å²) in [5.74, 6) is -5.32. The standard InChI is InChI=1S/C18H13ClF5N3O.C11H23NO2/c19-15-7-6-14(8-13(15)9-28-10-17(20,21)18(22,23)24)27-16(25-11-26-27)12-4-2-1-3-5-12;1-2-3-4-5-6-7-10(8-9-12)11(13)14/h1-8,11H,9-10H2;10H,2-9,12H2,1H3,(H,13,14). The molecule has 0 fully saturated rings. The van der Waals surface area contributed by atoms with E-state index in [0.29, 0.717) is 24.5 Å². The van der Waals surface area contributed by atoms with Gasteiger partial charge in [0.05, 0.1) is 18.2 Å². The van der Waals surface area contributed by atoms with Crippen LogP contribution in [0.3, 0.4) is 0 Å². The number of hydrogen-bond donors (Lipinski definition) is 2. The highest BCUT2D eigenvalue weighted by molar-refractivity contribution is 6.31. The van der Waals surface area contributed by atoms with E-state index in [1.807, 2.05) is 30.3 Å². The minimum absolute atomic E-state index is 0.167. The van der Waals surface area contributed by atoms with E-state index in [0.717, 1.165) is 24.8 Å². The molecule has 0 aliphatic heterocycles. The monoisotopic (exact) mass is 618 g/mol. The van der Waals surface area contributed by atoms with Gasteiger partial charge < -0.3 is 15.6 Å². The van der Waals surface area contributed by atoms with Crippen LogP contribution >= 0.6 is 11.6 Å². The minimum Gasteiger partial charge on any atom is -0.481 e. The summed E-state index contributed by atoms with van der Waals surface area (Å²) in [4.78, 5) is 15.0. The first-order chi connectivity index (χ1) is 19.9. The van der Waals surface area contributed by atoms with Crippen molar-refractivity contribution >= 4 is 17.6 Å². The van der Waals surface area contributed by atoms with Crippen LogP contribution in [0, 0.1) is 5.92 Å². The molecule has 3 N–H and O–H groups in total. The van der Waals surface area contributed by atoms with Gasteiger partial charge in [-0.2, -0.15) is 27.1 Å². The summed E-state index contributed by atoms with van der Waals surface area (Å²) in [6.45, 7) is 0.337. The quantitative estimate of drug-likeness (QED) is 0.134. The van der Waals surface area contributed by atoms with Crippen molar-refractivity contribution in [3.8, 4) is 17.1 Å². The predicted molar refractivity (Wildman–Crippen MR) is 151 cm³/mol. The summed E-state index contributed by atoms with van der Waals surface area (Å²) in [6.07, 6.45) is 2.96. The maximum atomic E-state index is 13.0. The lowest BCUT2D eigenvalue weighted by atomic mass is 9.97. The van der Waals surface area contributed by atoms with Crippen molar-refractivity contribution < 1.29 is 36.6 Å². The highest BCUT2D eigenvalue weighted by atomic mass is 35.5. The van der Waals surface area contributed by atoms with Crippen molar-refractivity contribution in [2.24, 2.45) is 11.7 Å². The highest BCUT2D eigenvalue weighted by Gasteiger charge is 2.57. The van der Waals surface area contributed by atoms with Gasteiger partial charge in [0, 0.05) is 10.6 Å². The smallest absolute Gasteiger partial charge is 0.455 e. The van der Waals surface area contributed by atoms with Gasteiger partial charge in [0.1, 0.15) is 12.9 Å². The summed E-state index contributed by atoms with van der Waals surface area (Å²) in [5, 5.41) is 13.2. The number of halogens is 6. The molecule has 1 atom stereocenters. The van der Waals surface area contributed by atoms with Crippen molar-refractivity contribution in [2.45, 2.75) is 70.6 Å². The Hall–Kier alpha value is -3.09. The largest absolute Gasteiger partial charge is 0.481 e. The Morgan fingerprint density at radius 2 is 1.74 bits per heavy atom. The van der Waals surface area contributed by atoms with Gasteiger partial charge in [-0.05, 0) is 43.1 Å². The molecular weight excluding hydrogens is 583 g/mol. The Morgan fingerprint density at radius 1 is 1.05 bits per heavy atom. The number of nitrogens with zero attached hydrogens (tertiary/aromatic N) is 3. The number of carboxylic acid groups (broad SMARTS) is 1. The van der Waals surface area contributed by atoms with Gasteiger partial charge in [-0.15, -0.1) is 0 Å². The molecule has 0 spiro atoms. The van der Waals surface area contributed by atoms with Gasteiger partial charge in [0.25, 0.3) is 0 Å². The number of alkyl halides is 5. The number of nitrogens with two attached hydrogens (primary N) is 1. The summed E-state index contributed by atoms with van der Waals surface area (Å²) >= 11 is 6.02. The van der Waals surface area contributed by atoms with Gasteiger partial charge in [-0.25, -0.2) is 9.67 Å². The third-order valence-corrected chi connectivity index (χ3v) is 6.70. The third kappa shape index (κ3) is 11.0. The van der Waals surface area contributed by atoms with Crippen LogP contribution in [-0.4, -0.2) is 51.1 Å². The average molecular weight is 619 g/mol. The SMILES string of the molecule is CCCCCCCC(CCN)C(=O)O.FC(F)(F)C(F)(F)COCc1cc(-n2ncnc2-c2ccccc2)ccc1Cl. The molecule has 0 aliphatic rings. The van der Waals surface area contributed by atoms with E-state index in [9.17, 15) is 26.7 Å². The fourth-order valence-electron chi connectivity index (χ4n) is 3.98. The van der Waals surface area contributed by atoms with Gasteiger partial charge in [0.15, 0.2) is 5.82 Å². The van der Waals surface area contributed by atoms with Crippen LogP contribution in [-0.2, 0) is 16.1 Å². The lowest BCUT2D eigenvalue weighted by Gasteiger charge is -2.19. The second-order valence-corrected chi connectivity index (χ2v) is 10.1. The number of aromatic nitrogens is 3. The van der Waals surface area contributed by atoms with Gasteiger partial charge in [-0.1, -0.05) is 81.0 Å². The number of carbonyl (C=O) groups is 1. The maximum absolute atomic E-state index is 13.0. The summed E-state index contributed by atoms with van der Waals surface area (Å²) < 4.78 is 68.7. The van der Waals surface area contributed by atoms with Crippen molar-refractivity contribution in [3.63, 3.8) is 0 Å². The Morgan fingerprint density at radius 3 is 2.36 bits per heavy atom. The van der Waals surface area contributed by atoms with Gasteiger partial charge in [-0.3, -0.25) is 4.79 Å². The minimum atomic E-state index is -5.68. The first-order valence-corrected chi connectivity index (χ1v) is 14.0. The summed E-state index contributed by atoms with van der Waals surface area (Å²) in [6, 6.07) is 13.8. The number of hydrogen-bond acceptors (Lipinski definition) is 5. The van der Waals surface area contributed by atoms with Crippen molar-refractivity contribution in [2.75, 3.05) is 13.2 Å². The normalized spacial score (nSPS) is 12.5. The van der Waals surface area contributed by atoms with Crippen LogP contribution in [0.1, 0.15) is 57.4 Å². The Kier molecular flexibility index (Phi) is 14.3. The Balaban J connectivity index is 0.000000374. The van der Waals surface area contributed by atoms with E-state index < -0.39 is 31.3 Å². The molecular formula is C29H36ClF5N4O3. The number of aliphatic carboxylic acids is 1. The van der Waals surface area contributed by atoms with Crippen LogP contribution in [0.5, 0.6) is 0 Å². The second kappa shape index (κ2) is 17.1. The van der Waals surface area contributed by atoms with E-state index >= 15 is 0 Å². The molecule has 2 aromatic carbocycles. The fourth-order valence-corrected chi connectivity index (χ4v) is 4.15. The molecule has 232 valence electrons. The van der Waals surface area contributed by atoms with E-state index in [1.54, 1.807) is 6.07 Å². The van der Waals surface area contributed by atoms with Crippen molar-refractivity contribution in [3.05, 3.63) is 65.4 Å². The van der Waals surface area contributed by atoms with E-state index in [2.05, 4.69) is 21.7 Å². The molecule has 42 heavy (non-hydrogen) atoms. The van der Waals surface area contributed by atoms with Crippen LogP contribution in [0.25, 0.3) is 17.1 Å². The topological polar surface area (TPSA) is 103 Å². The van der Waals surface area contributed by atoms with Crippen molar-refractivity contribution in [1.29, 1.82) is 0 Å². The summed E-state index contributed by atoms with van der Waals surface area (Å²) in [5.41, 5.74) is 6.89. The number of rotatable bonds is 15. The van der Waals surface area contributed by atoms with Gasteiger partial charge in [0.2, 0.25) is 0 Å². The fraction of sp³-hybridized carbons (Fsp3) is 0.483.